The van der Waals surface area contributed by atoms with Crippen LogP contribution in [-0.2, 0) is 43.9 Å². The molecule has 0 aliphatic carbocycles. The highest BCUT2D eigenvalue weighted by Crippen LogP contribution is 2.39. The smallest absolute Gasteiger partial charge is 0.241 e. The van der Waals surface area contributed by atoms with E-state index in [0.717, 1.165) is 70.6 Å². The molecule has 9 nitrogen and oxygen atoms in total. The molecule has 0 radical (unpaired) electrons. The largest absolute Gasteiger partial charge is 0.392 e. The summed E-state index contributed by atoms with van der Waals surface area (Å²) >= 11 is 0. The average Bonchev–Trinajstić information content (AvgIpc) is 3.24. The second kappa shape index (κ2) is 19.8. The van der Waals surface area contributed by atoms with Crippen LogP contribution in [0.1, 0.15) is 84.3 Å². The number of amides is 1. The number of aliphatic hydroxyl groups excluding tert-OH is 1. The number of hydrogen-bond acceptors (Lipinski definition) is 7. The number of carbonyl (C=O) groups excluding carboxylic acids is 1. The van der Waals surface area contributed by atoms with Gasteiger partial charge in [0.05, 0.1) is 23.7 Å². The Kier molecular flexibility index (Phi) is 14.2. The Morgan fingerprint density at radius 3 is 2.12 bits per heavy atom. The van der Waals surface area contributed by atoms with E-state index in [0.29, 0.717) is 0 Å². The van der Waals surface area contributed by atoms with Crippen molar-refractivity contribution in [1.29, 1.82) is 0 Å². The van der Waals surface area contributed by atoms with Crippen molar-refractivity contribution in [3.05, 3.63) is 161 Å². The van der Waals surface area contributed by atoms with E-state index in [-0.39, 0.29) is 36.7 Å². The predicted octanol–water partition coefficient (Wildman–Crippen LogP) is 8.17. The average molecular weight is 802 g/mol. The highest BCUT2D eigenvalue weighted by molar-refractivity contribution is 7.89. The minimum Gasteiger partial charge on any atom is -0.392 e. The maximum absolute atomic E-state index is 13.7. The molecule has 4 unspecified atom stereocenters. The quantitative estimate of drug-likeness (QED) is 0.104. The number of nitrogens with zero attached hydrogens (tertiary/aromatic N) is 1. The summed E-state index contributed by atoms with van der Waals surface area (Å²) < 4.78 is 42.7. The molecule has 2 aliphatic rings. The minimum atomic E-state index is -3.95. The van der Waals surface area contributed by atoms with Crippen LogP contribution >= 0.6 is 0 Å². The molecule has 2 fully saturated rings. The van der Waals surface area contributed by atoms with Crippen LogP contribution in [0.2, 0.25) is 0 Å². The number of aryl methyl sites for hydroxylation is 1. The number of ether oxygens (including phenoxy) is 2. The molecule has 58 heavy (non-hydrogen) atoms. The van der Waals surface area contributed by atoms with Gasteiger partial charge in [0.25, 0.3) is 0 Å². The summed E-state index contributed by atoms with van der Waals surface area (Å²) in [7, 11) is -3.95. The van der Waals surface area contributed by atoms with Crippen LogP contribution in [0.25, 0.3) is 11.1 Å². The summed E-state index contributed by atoms with van der Waals surface area (Å²) in [4.78, 5) is 16.3. The van der Waals surface area contributed by atoms with Gasteiger partial charge in [-0.25, -0.2) is 8.42 Å². The Morgan fingerprint density at radius 2 is 1.41 bits per heavy atom. The first-order valence-corrected chi connectivity index (χ1v) is 22.0. The highest BCUT2D eigenvalue weighted by Gasteiger charge is 2.33. The summed E-state index contributed by atoms with van der Waals surface area (Å²) in [6.07, 6.45) is 6.64. The van der Waals surface area contributed by atoms with E-state index >= 15 is 0 Å². The summed E-state index contributed by atoms with van der Waals surface area (Å²) in [5, 5.41) is 12.6. The zero-order valence-corrected chi connectivity index (χ0v) is 34.1. The van der Waals surface area contributed by atoms with Crippen molar-refractivity contribution in [2.45, 2.75) is 94.5 Å². The molecule has 0 aromatic heterocycles. The Bertz CT molecular complexity index is 2170. The molecule has 10 heteroatoms. The Morgan fingerprint density at radius 1 is 0.741 bits per heavy atom. The predicted molar refractivity (Wildman–Crippen MR) is 227 cm³/mol. The summed E-state index contributed by atoms with van der Waals surface area (Å²) in [5.41, 5.74) is 7.57. The molecule has 2 saturated heterocycles. The first-order valence-electron chi connectivity index (χ1n) is 20.6. The van der Waals surface area contributed by atoms with E-state index < -0.39 is 28.3 Å². The monoisotopic (exact) mass is 801 g/mol. The van der Waals surface area contributed by atoms with Crippen LogP contribution in [0, 0.1) is 6.92 Å². The van der Waals surface area contributed by atoms with E-state index in [4.69, 9.17) is 9.47 Å². The molecule has 3 N–H and O–H groups in total. The van der Waals surface area contributed by atoms with E-state index in [1.807, 2.05) is 73.7 Å². The summed E-state index contributed by atoms with van der Waals surface area (Å²) in [5.74, 6) is -0.408. The third kappa shape index (κ3) is 11.3. The van der Waals surface area contributed by atoms with E-state index in [1.54, 1.807) is 24.3 Å². The Labute approximate surface area is 343 Å². The van der Waals surface area contributed by atoms with Crippen molar-refractivity contribution >= 4 is 15.9 Å². The number of hydrogen-bond donors (Lipinski definition) is 3. The molecule has 304 valence electrons. The van der Waals surface area contributed by atoms with E-state index in [9.17, 15) is 18.3 Å². The van der Waals surface area contributed by atoms with Gasteiger partial charge in [0.2, 0.25) is 15.9 Å². The van der Waals surface area contributed by atoms with Crippen molar-refractivity contribution in [2.75, 3.05) is 19.6 Å². The van der Waals surface area contributed by atoms with Crippen molar-refractivity contribution in [3.8, 4) is 11.1 Å². The van der Waals surface area contributed by atoms with Crippen LogP contribution in [0.3, 0.4) is 0 Å². The number of aliphatic hydroxyl groups is 1. The van der Waals surface area contributed by atoms with Crippen LogP contribution in [0.15, 0.2) is 132 Å². The Balaban J connectivity index is 1.03. The SMILES string of the molecule is Cc1ccc(S(=O)(=O)NC(Cc2ccccc2)C(=O)NCc2cccc(-c3ccc(C4OC(CN5CCCCCCC5)CC(c5ccc(CO)cc5)O4)cc3)c2)cc1. The van der Waals surface area contributed by atoms with Crippen LogP contribution in [0.4, 0.5) is 0 Å². The lowest BCUT2D eigenvalue weighted by atomic mass is 9.98. The van der Waals surface area contributed by atoms with Gasteiger partial charge in [0.1, 0.15) is 6.04 Å². The standard InChI is InChI=1S/C48H55N3O6S/c1-35-15-25-44(26-16-35)58(54,55)50-45(30-36-11-6-5-7-12-36)47(53)49-32-38-13-10-14-42(29-38)39-21-23-41(24-22-39)48-56-43(33-51-27-8-3-2-4-9-28-51)31-46(57-48)40-19-17-37(34-52)18-20-40/h5-7,10-26,29,43,45-46,48,50,52H,2-4,8-9,27-28,30-34H2,1H3,(H,49,53). The third-order valence-corrected chi connectivity index (χ3v) is 12.7. The van der Waals surface area contributed by atoms with Gasteiger partial charge >= 0.3 is 0 Å². The molecule has 0 spiro atoms. The van der Waals surface area contributed by atoms with Crippen molar-refractivity contribution in [2.24, 2.45) is 0 Å². The van der Waals surface area contributed by atoms with Crippen molar-refractivity contribution in [3.63, 3.8) is 0 Å². The fraction of sp³-hybridized carbons (Fsp3) is 0.354. The lowest BCUT2D eigenvalue weighted by Crippen LogP contribution is -2.47. The van der Waals surface area contributed by atoms with Gasteiger partial charge in [-0.2, -0.15) is 4.72 Å². The third-order valence-electron chi connectivity index (χ3n) is 11.2. The molecule has 4 atom stereocenters. The lowest BCUT2D eigenvalue weighted by Gasteiger charge is -2.38. The molecule has 0 bridgehead atoms. The fourth-order valence-corrected chi connectivity index (χ4v) is 9.03. The highest BCUT2D eigenvalue weighted by atomic mass is 32.2. The molecule has 2 heterocycles. The second-order valence-corrected chi connectivity index (χ2v) is 17.3. The topological polar surface area (TPSA) is 117 Å². The van der Waals surface area contributed by atoms with Gasteiger partial charge in [0, 0.05) is 25.1 Å². The maximum atomic E-state index is 13.7. The Hall–Kier alpha value is -4.68. The first kappa shape index (κ1) is 41.5. The van der Waals surface area contributed by atoms with Gasteiger partial charge < -0.3 is 24.8 Å². The lowest BCUT2D eigenvalue weighted by molar-refractivity contribution is -0.253. The molecule has 5 aromatic rings. The van der Waals surface area contributed by atoms with Crippen LogP contribution in [-0.4, -0.2) is 56.1 Å². The van der Waals surface area contributed by atoms with Gasteiger partial charge in [-0.15, -0.1) is 0 Å². The number of nitrogens with one attached hydrogen (secondary N) is 2. The summed E-state index contributed by atoms with van der Waals surface area (Å²) in [6.45, 7) is 5.20. The normalized spacial score (nSPS) is 19.8. The van der Waals surface area contributed by atoms with Crippen molar-refractivity contribution in [1.82, 2.24) is 14.9 Å². The number of likely N-dealkylation sites (tertiary alicyclic amines) is 1. The molecule has 7 rings (SSSR count). The van der Waals surface area contributed by atoms with Crippen molar-refractivity contribution < 1.29 is 27.8 Å². The van der Waals surface area contributed by atoms with Gasteiger partial charge in [-0.05, 0) is 90.9 Å². The van der Waals surface area contributed by atoms with Crippen LogP contribution in [0.5, 0.6) is 0 Å². The molecule has 1 amide bonds. The summed E-state index contributed by atoms with van der Waals surface area (Å²) in [6, 6.07) is 39.2. The molecular weight excluding hydrogens is 747 g/mol. The zero-order chi connectivity index (χ0) is 40.3. The molecule has 0 saturated carbocycles. The van der Waals surface area contributed by atoms with Gasteiger partial charge in [-0.1, -0.05) is 134 Å². The molecule has 5 aromatic carbocycles. The number of rotatable bonds is 14. The van der Waals surface area contributed by atoms with E-state index in [1.165, 1.54) is 32.1 Å². The minimum absolute atomic E-state index is 0.00707. The fourth-order valence-electron chi connectivity index (χ4n) is 7.83. The van der Waals surface area contributed by atoms with Gasteiger partial charge in [-0.3, -0.25) is 4.79 Å². The van der Waals surface area contributed by atoms with Gasteiger partial charge in [0.15, 0.2) is 6.29 Å². The zero-order valence-electron chi connectivity index (χ0n) is 33.3. The molecule has 2 aliphatic heterocycles. The maximum Gasteiger partial charge on any atom is 0.241 e. The second-order valence-electron chi connectivity index (χ2n) is 15.6. The van der Waals surface area contributed by atoms with E-state index in [2.05, 4.69) is 51.3 Å². The number of sulfonamides is 1. The first-order chi connectivity index (χ1) is 28.2. The number of benzene rings is 5. The van der Waals surface area contributed by atoms with Crippen LogP contribution < -0.4 is 10.0 Å². The molecular formula is C48H55N3O6S. The number of carbonyl (C=O) groups is 1.